The van der Waals surface area contributed by atoms with Crippen LogP contribution < -0.4 is 15.3 Å². The first kappa shape index (κ1) is 43.0. The van der Waals surface area contributed by atoms with Gasteiger partial charge in [0.25, 0.3) is 0 Å². The van der Waals surface area contributed by atoms with E-state index in [4.69, 9.17) is 0 Å². The Kier molecular flexibility index (Phi) is 17.4. The van der Waals surface area contributed by atoms with Gasteiger partial charge in [0, 0.05) is 0 Å². The second-order valence-corrected chi connectivity index (χ2v) is 8.12. The Morgan fingerprint density at radius 2 is 0.375 bits per heavy atom. The van der Waals surface area contributed by atoms with Gasteiger partial charge in [-0.15, -0.1) is 0 Å². The molecule has 0 aromatic rings. The van der Waals surface area contributed by atoms with Crippen LogP contribution in [-0.2, 0) is 57.5 Å². The molecule has 0 spiro atoms. The Bertz CT molecular complexity index is 832. The van der Waals surface area contributed by atoms with E-state index >= 15 is 0 Å². The zero-order valence-corrected chi connectivity index (χ0v) is 24.4. The predicted octanol–water partition coefficient (Wildman–Crippen LogP) is -4.91. The standard InChI is InChI=1S/3C8H10O5.Al/c3*1-4(9)8(5(2)10,6(3)11)7(12)13;/h3*1-3H3,(H,12,13);/q;;;+3/p-3. The van der Waals surface area contributed by atoms with Crippen molar-refractivity contribution in [3.8, 4) is 0 Å². The van der Waals surface area contributed by atoms with Crippen LogP contribution in [0.2, 0.25) is 0 Å². The number of carbonyl (C=O) groups excluding carboxylic acids is 12. The molecule has 0 amide bonds. The Balaban J connectivity index is -0.000000240. The fourth-order valence-corrected chi connectivity index (χ4v) is 3.52. The fraction of sp³-hybridized carbons (Fsp3) is 0.500. The number of carboxylic acid groups (broad SMARTS) is 3. The molecule has 216 valence electrons. The molecule has 0 N–H and O–H groups in total. The zero-order valence-electron chi connectivity index (χ0n) is 23.2. The van der Waals surface area contributed by atoms with Crippen molar-refractivity contribution < 1.29 is 72.9 Å². The SMILES string of the molecule is CC(=O)C(C(C)=O)(C(C)=O)C(=O)[O-].CC(=O)C(C(C)=O)(C(C)=O)C(=O)[O-].CC(=O)C(C(C)=O)(C(C)=O)C(=O)[O-].[Al+3]. The molecule has 16 heteroatoms. The minimum absolute atomic E-state index is 0. The summed E-state index contributed by atoms with van der Waals surface area (Å²) in [4.78, 5) is 130. The van der Waals surface area contributed by atoms with Crippen molar-refractivity contribution in [2.45, 2.75) is 62.3 Å². The Morgan fingerprint density at radius 3 is 0.375 bits per heavy atom. The van der Waals surface area contributed by atoms with Gasteiger partial charge in [0.15, 0.2) is 68.3 Å². The van der Waals surface area contributed by atoms with Crippen LogP contribution in [-0.4, -0.2) is 87.3 Å². The number of aliphatic carboxylic acids is 3. The summed E-state index contributed by atoms with van der Waals surface area (Å²) in [5.74, 6) is -15.1. The molecule has 0 aliphatic rings. The molecule has 0 aromatic carbocycles. The third kappa shape index (κ3) is 7.99. The van der Waals surface area contributed by atoms with E-state index in [0.29, 0.717) is 0 Å². The summed E-state index contributed by atoms with van der Waals surface area (Å²) >= 11 is 0. The van der Waals surface area contributed by atoms with Crippen LogP contribution in [0.5, 0.6) is 0 Å². The van der Waals surface area contributed by atoms with Gasteiger partial charge in [-0.1, -0.05) is 0 Å². The Hall–Kier alpha value is -4.03. The smallest absolute Gasteiger partial charge is 0.548 e. The first-order valence-electron chi connectivity index (χ1n) is 10.6. The van der Waals surface area contributed by atoms with Crippen LogP contribution in [0.3, 0.4) is 0 Å². The predicted molar refractivity (Wildman–Crippen MR) is 124 cm³/mol. The normalized spacial score (nSPS) is 10.4. The number of Topliss-reactive ketones (excluding diaryl/α,β-unsaturated/α-hetero) is 9. The molecule has 0 aliphatic heterocycles. The van der Waals surface area contributed by atoms with Gasteiger partial charge in [0.2, 0.25) is 0 Å². The molecule has 0 saturated carbocycles. The Labute approximate surface area is 238 Å². The zero-order chi connectivity index (χ0) is 32.4. The van der Waals surface area contributed by atoms with Crippen molar-refractivity contribution in [3.63, 3.8) is 0 Å². The molecular formula is C24H27AlO15. The fourth-order valence-electron chi connectivity index (χ4n) is 3.52. The van der Waals surface area contributed by atoms with E-state index < -0.39 is 86.2 Å². The molecule has 15 nitrogen and oxygen atoms in total. The number of ketones is 9. The molecule has 0 unspecified atom stereocenters. The average Bonchev–Trinajstić information content (AvgIpc) is 2.66. The summed E-state index contributed by atoms with van der Waals surface area (Å²) in [6.45, 7) is 7.86. The van der Waals surface area contributed by atoms with E-state index in [0.717, 1.165) is 62.3 Å². The van der Waals surface area contributed by atoms with Gasteiger partial charge >= 0.3 is 17.4 Å². The van der Waals surface area contributed by atoms with Crippen molar-refractivity contribution in [3.05, 3.63) is 0 Å². The second-order valence-electron chi connectivity index (χ2n) is 8.12. The third-order valence-electron chi connectivity index (χ3n) is 5.67. The molecule has 40 heavy (non-hydrogen) atoms. The van der Waals surface area contributed by atoms with Crippen LogP contribution in [0.4, 0.5) is 0 Å². The van der Waals surface area contributed by atoms with Crippen LogP contribution >= 0.6 is 0 Å². The van der Waals surface area contributed by atoms with E-state index in [2.05, 4.69) is 0 Å². The molecule has 0 rings (SSSR count). The van der Waals surface area contributed by atoms with Gasteiger partial charge in [0.05, 0.1) is 17.9 Å². The Morgan fingerprint density at radius 1 is 0.300 bits per heavy atom. The van der Waals surface area contributed by atoms with Crippen LogP contribution in [0.1, 0.15) is 62.3 Å². The summed E-state index contributed by atoms with van der Waals surface area (Å²) in [7, 11) is 0. The third-order valence-corrected chi connectivity index (χ3v) is 5.67. The minimum atomic E-state index is -2.61. The minimum Gasteiger partial charge on any atom is -0.548 e. The quantitative estimate of drug-likeness (QED) is 0.154. The maximum absolute atomic E-state index is 10.9. The van der Waals surface area contributed by atoms with Crippen molar-refractivity contribution in [2.75, 3.05) is 0 Å². The largest absolute Gasteiger partial charge is 3.00 e. The topological polar surface area (TPSA) is 274 Å². The van der Waals surface area contributed by atoms with Gasteiger partial charge in [-0.25, -0.2) is 0 Å². The van der Waals surface area contributed by atoms with Crippen molar-refractivity contribution in [2.24, 2.45) is 16.2 Å². The molecule has 0 radical (unpaired) electrons. The summed E-state index contributed by atoms with van der Waals surface area (Å²) in [6.07, 6.45) is 0. The van der Waals surface area contributed by atoms with E-state index in [1.165, 1.54) is 0 Å². The molecule has 0 aliphatic carbocycles. The van der Waals surface area contributed by atoms with Crippen molar-refractivity contribution in [1.82, 2.24) is 0 Å². The number of rotatable bonds is 12. The van der Waals surface area contributed by atoms with E-state index in [9.17, 15) is 72.9 Å². The first-order chi connectivity index (χ1) is 17.3. The van der Waals surface area contributed by atoms with Crippen LogP contribution in [0.15, 0.2) is 0 Å². The molecule has 0 saturated heterocycles. The first-order valence-corrected chi connectivity index (χ1v) is 10.6. The monoisotopic (exact) mass is 582 g/mol. The van der Waals surface area contributed by atoms with Crippen LogP contribution in [0, 0.1) is 16.2 Å². The summed E-state index contributed by atoms with van der Waals surface area (Å²) in [6, 6.07) is 0. The van der Waals surface area contributed by atoms with Gasteiger partial charge < -0.3 is 29.7 Å². The molecular weight excluding hydrogens is 555 g/mol. The molecule has 0 aromatic heterocycles. The number of carbonyl (C=O) groups is 12. The second kappa shape index (κ2) is 16.2. The van der Waals surface area contributed by atoms with Gasteiger partial charge in [-0.05, 0) is 62.3 Å². The maximum Gasteiger partial charge on any atom is 3.00 e. The maximum atomic E-state index is 10.9. The van der Waals surface area contributed by atoms with E-state index in [1.807, 2.05) is 0 Å². The van der Waals surface area contributed by atoms with Gasteiger partial charge in [0.1, 0.15) is 0 Å². The summed E-state index contributed by atoms with van der Waals surface area (Å²) in [5, 5.41) is 31.7. The summed E-state index contributed by atoms with van der Waals surface area (Å²) in [5.41, 5.74) is -7.83. The van der Waals surface area contributed by atoms with Crippen molar-refractivity contribution >= 4 is 87.3 Å². The number of carboxylic acids is 3. The number of hydrogen-bond donors (Lipinski definition) is 0. The van der Waals surface area contributed by atoms with Gasteiger partial charge in [-0.2, -0.15) is 0 Å². The van der Waals surface area contributed by atoms with Crippen LogP contribution in [0.25, 0.3) is 0 Å². The molecule has 0 bridgehead atoms. The number of hydrogen-bond acceptors (Lipinski definition) is 15. The summed E-state index contributed by atoms with van der Waals surface area (Å²) < 4.78 is 0. The average molecular weight is 582 g/mol. The molecule has 0 atom stereocenters. The van der Waals surface area contributed by atoms with Gasteiger partial charge in [-0.3, -0.25) is 43.2 Å². The molecule has 0 heterocycles. The van der Waals surface area contributed by atoms with Crippen molar-refractivity contribution in [1.29, 1.82) is 0 Å². The van der Waals surface area contributed by atoms with E-state index in [-0.39, 0.29) is 17.4 Å². The van der Waals surface area contributed by atoms with E-state index in [1.54, 1.807) is 0 Å². The molecule has 0 fully saturated rings.